The van der Waals surface area contributed by atoms with E-state index in [9.17, 15) is 9.59 Å². The molecular weight excluding hydrogens is 282 g/mol. The number of hydrogen-bond donors (Lipinski definition) is 2. The Morgan fingerprint density at radius 2 is 1.95 bits per heavy atom. The predicted octanol–water partition coefficient (Wildman–Crippen LogP) is 0.503. The number of anilines is 1. The highest BCUT2D eigenvalue weighted by Gasteiger charge is 2.27. The molecular formula is C15H21N5O2. The van der Waals surface area contributed by atoms with Crippen LogP contribution < -0.4 is 10.6 Å². The number of aromatic nitrogens is 2. The van der Waals surface area contributed by atoms with Crippen molar-refractivity contribution in [3.63, 3.8) is 0 Å². The van der Waals surface area contributed by atoms with Crippen molar-refractivity contribution in [2.75, 3.05) is 25.5 Å². The van der Waals surface area contributed by atoms with Crippen LogP contribution in [0.15, 0.2) is 12.1 Å². The Morgan fingerprint density at radius 1 is 1.18 bits per heavy atom. The van der Waals surface area contributed by atoms with Gasteiger partial charge in [-0.1, -0.05) is 0 Å². The van der Waals surface area contributed by atoms with Crippen molar-refractivity contribution in [3.8, 4) is 0 Å². The van der Waals surface area contributed by atoms with Gasteiger partial charge in [-0.15, -0.1) is 5.10 Å². The highest BCUT2D eigenvalue weighted by molar-refractivity contribution is 6.01. The van der Waals surface area contributed by atoms with Crippen molar-refractivity contribution in [3.05, 3.63) is 17.8 Å². The first-order valence-corrected chi connectivity index (χ1v) is 7.74. The second-order valence-corrected chi connectivity index (χ2v) is 6.07. The zero-order valence-corrected chi connectivity index (χ0v) is 12.7. The van der Waals surface area contributed by atoms with Crippen LogP contribution in [0.25, 0.3) is 0 Å². The van der Waals surface area contributed by atoms with Crippen molar-refractivity contribution < 1.29 is 9.59 Å². The largest absolute Gasteiger partial charge is 0.357 e. The Hall–Kier alpha value is -2.02. The monoisotopic (exact) mass is 303 g/mol. The Morgan fingerprint density at radius 3 is 2.59 bits per heavy atom. The zero-order chi connectivity index (χ0) is 15.5. The Bertz CT molecular complexity index is 552. The fourth-order valence-electron chi connectivity index (χ4n) is 2.95. The second-order valence-electron chi connectivity index (χ2n) is 6.07. The topological polar surface area (TPSA) is 87.2 Å². The summed E-state index contributed by atoms with van der Waals surface area (Å²) in [6.07, 6.45) is 3.05. The molecule has 3 heterocycles. The van der Waals surface area contributed by atoms with E-state index >= 15 is 0 Å². The van der Waals surface area contributed by atoms with Gasteiger partial charge in [-0.05, 0) is 51.5 Å². The van der Waals surface area contributed by atoms with Gasteiger partial charge in [0, 0.05) is 12.3 Å². The molecule has 0 radical (unpaired) electrons. The first-order valence-electron chi connectivity index (χ1n) is 7.74. The number of likely N-dealkylation sites (tertiary alicyclic amines) is 1. The number of imide groups is 1. The average Bonchev–Trinajstić information content (AvgIpc) is 2.52. The van der Waals surface area contributed by atoms with E-state index in [-0.39, 0.29) is 11.8 Å². The van der Waals surface area contributed by atoms with E-state index in [1.165, 1.54) is 0 Å². The summed E-state index contributed by atoms with van der Waals surface area (Å²) in [5.41, 5.74) is 1.02. The molecule has 118 valence electrons. The first-order chi connectivity index (χ1) is 10.6. The number of rotatable bonds is 3. The fraction of sp³-hybridized carbons (Fsp3) is 0.600. The minimum atomic E-state index is -0.416. The maximum Gasteiger partial charge on any atom is 0.249 e. The molecule has 1 aromatic heterocycles. The van der Waals surface area contributed by atoms with E-state index in [1.54, 1.807) is 0 Å². The standard InChI is InChI=1S/C15H21N5O2/c1-20-8-6-10(7-9-20)11-2-4-13(19-18-11)16-12-3-5-14(21)17-15(12)22/h2,4,10,12H,3,5-9H2,1H3,(H,16,19)(H,17,21,22). The molecule has 0 spiro atoms. The first kappa shape index (κ1) is 14.9. The van der Waals surface area contributed by atoms with Crippen LogP contribution in [0.4, 0.5) is 5.82 Å². The predicted molar refractivity (Wildman–Crippen MR) is 81.3 cm³/mol. The number of carbonyl (C=O) groups is 2. The lowest BCUT2D eigenvalue weighted by Gasteiger charge is -2.28. The quantitative estimate of drug-likeness (QED) is 0.791. The molecule has 7 heteroatoms. The number of piperidine rings is 2. The molecule has 22 heavy (non-hydrogen) atoms. The van der Waals surface area contributed by atoms with Gasteiger partial charge in [0.1, 0.15) is 11.9 Å². The van der Waals surface area contributed by atoms with Crippen molar-refractivity contribution >= 4 is 17.6 Å². The Kier molecular flexibility index (Phi) is 4.33. The van der Waals surface area contributed by atoms with E-state index in [0.717, 1.165) is 31.6 Å². The number of carbonyl (C=O) groups excluding carboxylic acids is 2. The number of hydrogen-bond acceptors (Lipinski definition) is 6. The van der Waals surface area contributed by atoms with Gasteiger partial charge in [-0.2, -0.15) is 5.10 Å². The highest BCUT2D eigenvalue weighted by atomic mass is 16.2. The molecule has 1 aromatic rings. The number of nitrogens with zero attached hydrogens (tertiary/aromatic N) is 3. The van der Waals surface area contributed by atoms with Crippen LogP contribution in [0.1, 0.15) is 37.3 Å². The third-order valence-corrected chi connectivity index (χ3v) is 4.38. The lowest BCUT2D eigenvalue weighted by atomic mass is 9.94. The van der Waals surface area contributed by atoms with E-state index in [2.05, 4.69) is 32.8 Å². The highest BCUT2D eigenvalue weighted by Crippen LogP contribution is 2.26. The van der Waals surface area contributed by atoms with Crippen LogP contribution in [0, 0.1) is 0 Å². The van der Waals surface area contributed by atoms with Gasteiger partial charge in [0.25, 0.3) is 0 Å². The SMILES string of the molecule is CN1CCC(c2ccc(NC3CCC(=O)NC3=O)nn2)CC1. The van der Waals surface area contributed by atoms with Crippen LogP contribution in [0.2, 0.25) is 0 Å². The van der Waals surface area contributed by atoms with Gasteiger partial charge >= 0.3 is 0 Å². The Labute approximate surface area is 129 Å². The molecule has 2 saturated heterocycles. The van der Waals surface area contributed by atoms with Crippen molar-refractivity contribution in [2.45, 2.75) is 37.6 Å². The molecule has 1 atom stereocenters. The summed E-state index contributed by atoms with van der Waals surface area (Å²) >= 11 is 0. The molecule has 2 amide bonds. The van der Waals surface area contributed by atoms with E-state index in [4.69, 9.17) is 0 Å². The van der Waals surface area contributed by atoms with Gasteiger partial charge in [0.05, 0.1) is 5.69 Å². The zero-order valence-electron chi connectivity index (χ0n) is 12.7. The normalized spacial score (nSPS) is 24.1. The third-order valence-electron chi connectivity index (χ3n) is 4.38. The van der Waals surface area contributed by atoms with Crippen LogP contribution >= 0.6 is 0 Å². The molecule has 2 aliphatic rings. The summed E-state index contributed by atoms with van der Waals surface area (Å²) in [5, 5.41) is 13.8. The third kappa shape index (κ3) is 3.41. The molecule has 0 aromatic carbocycles. The van der Waals surface area contributed by atoms with Crippen molar-refractivity contribution in [1.82, 2.24) is 20.4 Å². The average molecular weight is 303 g/mol. The summed E-state index contributed by atoms with van der Waals surface area (Å²) in [7, 11) is 2.13. The van der Waals surface area contributed by atoms with Crippen molar-refractivity contribution in [2.24, 2.45) is 0 Å². The van der Waals surface area contributed by atoms with E-state index in [1.807, 2.05) is 12.1 Å². The summed E-state index contributed by atoms with van der Waals surface area (Å²) in [6, 6.07) is 3.43. The lowest BCUT2D eigenvalue weighted by molar-refractivity contribution is -0.133. The van der Waals surface area contributed by atoms with Crippen LogP contribution in [0.3, 0.4) is 0 Å². The maximum atomic E-state index is 11.7. The molecule has 3 rings (SSSR count). The van der Waals surface area contributed by atoms with Crippen LogP contribution in [-0.2, 0) is 9.59 Å². The molecule has 7 nitrogen and oxygen atoms in total. The van der Waals surface area contributed by atoms with E-state index < -0.39 is 6.04 Å². The molecule has 0 saturated carbocycles. The van der Waals surface area contributed by atoms with Gasteiger partial charge in [0.2, 0.25) is 11.8 Å². The molecule has 0 aliphatic carbocycles. The van der Waals surface area contributed by atoms with Gasteiger partial charge in [0.15, 0.2) is 0 Å². The Balaban J connectivity index is 1.59. The summed E-state index contributed by atoms with van der Waals surface area (Å²) in [5.74, 6) is 0.531. The van der Waals surface area contributed by atoms with E-state index in [0.29, 0.717) is 24.6 Å². The summed E-state index contributed by atoms with van der Waals surface area (Å²) in [4.78, 5) is 25.2. The molecule has 2 N–H and O–H groups in total. The minimum Gasteiger partial charge on any atom is -0.357 e. The molecule has 1 unspecified atom stereocenters. The van der Waals surface area contributed by atoms with Gasteiger partial charge < -0.3 is 10.2 Å². The molecule has 0 bridgehead atoms. The van der Waals surface area contributed by atoms with Gasteiger partial charge in [-0.3, -0.25) is 14.9 Å². The molecule has 2 aliphatic heterocycles. The van der Waals surface area contributed by atoms with Gasteiger partial charge in [-0.25, -0.2) is 0 Å². The maximum absolute atomic E-state index is 11.7. The minimum absolute atomic E-state index is 0.216. The lowest BCUT2D eigenvalue weighted by Crippen LogP contribution is -2.47. The van der Waals surface area contributed by atoms with Crippen molar-refractivity contribution in [1.29, 1.82) is 0 Å². The number of nitrogens with one attached hydrogen (secondary N) is 2. The second kappa shape index (κ2) is 6.39. The van der Waals surface area contributed by atoms with Crippen LogP contribution in [0.5, 0.6) is 0 Å². The number of amides is 2. The smallest absolute Gasteiger partial charge is 0.249 e. The fourth-order valence-corrected chi connectivity index (χ4v) is 2.95. The molecule has 2 fully saturated rings. The summed E-state index contributed by atoms with van der Waals surface area (Å²) < 4.78 is 0. The van der Waals surface area contributed by atoms with Crippen LogP contribution in [-0.4, -0.2) is 53.1 Å². The summed E-state index contributed by atoms with van der Waals surface area (Å²) in [6.45, 7) is 2.17.